The minimum absolute atomic E-state index is 1.00. The fourth-order valence-electron chi connectivity index (χ4n) is 1.38. The number of H-pyrrole nitrogens is 1. The Kier molecular flexibility index (Phi) is 5.06. The molecule has 0 aliphatic heterocycles. The second-order valence-electron chi connectivity index (χ2n) is 3.38. The van der Waals surface area contributed by atoms with Gasteiger partial charge < -0.3 is 0 Å². The number of aromatic nitrogens is 2. The molecule has 84 valence electrons. The molecule has 0 amide bonds. The highest BCUT2D eigenvalue weighted by molar-refractivity contribution is 5.73. The van der Waals surface area contributed by atoms with Gasteiger partial charge >= 0.3 is 0 Å². The SMILES string of the molecule is C=CC(/C=C\C(=C/CC)c1cn[nH]c1)=C/C. The molecule has 1 aromatic rings. The molecule has 2 nitrogen and oxygen atoms in total. The number of nitrogens with zero attached hydrogens (tertiary/aromatic N) is 1. The van der Waals surface area contributed by atoms with Crippen molar-refractivity contribution in [3.63, 3.8) is 0 Å². The predicted molar refractivity (Wildman–Crippen MR) is 69.9 cm³/mol. The summed E-state index contributed by atoms with van der Waals surface area (Å²) in [6, 6.07) is 0. The Morgan fingerprint density at radius 2 is 2.31 bits per heavy atom. The molecule has 0 saturated carbocycles. The van der Waals surface area contributed by atoms with Crippen molar-refractivity contribution in [3.05, 3.63) is 60.5 Å². The molecule has 1 heterocycles. The van der Waals surface area contributed by atoms with Gasteiger partial charge in [-0.3, -0.25) is 5.10 Å². The van der Waals surface area contributed by atoms with Crippen LogP contribution in [0.2, 0.25) is 0 Å². The zero-order chi connectivity index (χ0) is 11.8. The van der Waals surface area contributed by atoms with Gasteiger partial charge in [0.05, 0.1) is 6.20 Å². The van der Waals surface area contributed by atoms with Gasteiger partial charge in [-0.2, -0.15) is 5.10 Å². The van der Waals surface area contributed by atoms with Gasteiger partial charge in [-0.05, 0) is 24.5 Å². The smallest absolute Gasteiger partial charge is 0.0565 e. The maximum atomic E-state index is 3.96. The zero-order valence-electron chi connectivity index (χ0n) is 9.90. The van der Waals surface area contributed by atoms with Crippen molar-refractivity contribution in [2.24, 2.45) is 0 Å². The topological polar surface area (TPSA) is 28.7 Å². The van der Waals surface area contributed by atoms with Gasteiger partial charge in [0.25, 0.3) is 0 Å². The number of allylic oxidation sites excluding steroid dienone is 7. The minimum atomic E-state index is 1.00. The van der Waals surface area contributed by atoms with Gasteiger partial charge in [0.1, 0.15) is 0 Å². The fourth-order valence-corrected chi connectivity index (χ4v) is 1.38. The lowest BCUT2D eigenvalue weighted by Crippen LogP contribution is -1.78. The molecule has 0 aromatic carbocycles. The lowest BCUT2D eigenvalue weighted by atomic mass is 10.1. The molecule has 16 heavy (non-hydrogen) atoms. The number of aromatic amines is 1. The van der Waals surface area contributed by atoms with Crippen LogP contribution in [-0.4, -0.2) is 10.2 Å². The molecule has 0 radical (unpaired) electrons. The summed E-state index contributed by atoms with van der Waals surface area (Å²) in [7, 11) is 0. The van der Waals surface area contributed by atoms with E-state index in [9.17, 15) is 0 Å². The fraction of sp³-hybridized carbons (Fsp3) is 0.214. The van der Waals surface area contributed by atoms with Crippen molar-refractivity contribution < 1.29 is 0 Å². The van der Waals surface area contributed by atoms with E-state index in [2.05, 4.69) is 41.9 Å². The van der Waals surface area contributed by atoms with Crippen LogP contribution in [0, 0.1) is 0 Å². The third-order valence-corrected chi connectivity index (χ3v) is 2.28. The first-order valence-corrected chi connectivity index (χ1v) is 5.48. The molecule has 0 atom stereocenters. The predicted octanol–water partition coefficient (Wildman–Crippen LogP) is 3.89. The maximum absolute atomic E-state index is 3.96. The normalized spacial score (nSPS) is 13.4. The molecule has 0 saturated heterocycles. The molecule has 0 bridgehead atoms. The minimum Gasteiger partial charge on any atom is -0.285 e. The molecular weight excluding hydrogens is 196 g/mol. The Hall–Kier alpha value is -1.83. The van der Waals surface area contributed by atoms with E-state index < -0.39 is 0 Å². The Morgan fingerprint density at radius 1 is 1.50 bits per heavy atom. The Labute approximate surface area is 97.1 Å². The average Bonchev–Trinajstić information content (AvgIpc) is 2.82. The summed E-state index contributed by atoms with van der Waals surface area (Å²) in [5, 5.41) is 6.78. The van der Waals surface area contributed by atoms with Crippen LogP contribution >= 0.6 is 0 Å². The van der Waals surface area contributed by atoms with Gasteiger partial charge in [-0.15, -0.1) is 0 Å². The second kappa shape index (κ2) is 6.62. The summed E-state index contributed by atoms with van der Waals surface area (Å²) in [4.78, 5) is 0. The summed E-state index contributed by atoms with van der Waals surface area (Å²) in [5.41, 5.74) is 3.40. The molecule has 1 aromatic heterocycles. The van der Waals surface area contributed by atoms with E-state index in [4.69, 9.17) is 0 Å². The third-order valence-electron chi connectivity index (χ3n) is 2.28. The molecule has 0 aliphatic carbocycles. The quantitative estimate of drug-likeness (QED) is 0.740. The highest BCUT2D eigenvalue weighted by Gasteiger charge is 1.97. The lowest BCUT2D eigenvalue weighted by Gasteiger charge is -1.98. The van der Waals surface area contributed by atoms with E-state index in [-0.39, 0.29) is 0 Å². The molecule has 1 N–H and O–H groups in total. The van der Waals surface area contributed by atoms with Crippen molar-refractivity contribution in [3.8, 4) is 0 Å². The van der Waals surface area contributed by atoms with Crippen LogP contribution in [0.25, 0.3) is 5.57 Å². The molecule has 0 aliphatic rings. The summed E-state index contributed by atoms with van der Waals surface area (Å²) >= 11 is 0. The molecule has 1 rings (SSSR count). The summed E-state index contributed by atoms with van der Waals surface area (Å²) in [5.74, 6) is 0. The third kappa shape index (κ3) is 3.39. The number of rotatable bonds is 5. The number of nitrogens with one attached hydrogen (secondary N) is 1. The molecule has 0 fully saturated rings. The Morgan fingerprint density at radius 3 is 2.81 bits per heavy atom. The zero-order valence-corrected chi connectivity index (χ0v) is 9.90. The van der Waals surface area contributed by atoms with Gasteiger partial charge in [0, 0.05) is 11.8 Å². The van der Waals surface area contributed by atoms with Gasteiger partial charge in [0.2, 0.25) is 0 Å². The molecular formula is C14H18N2. The molecule has 2 heteroatoms. The van der Waals surface area contributed by atoms with Crippen LogP contribution < -0.4 is 0 Å². The lowest BCUT2D eigenvalue weighted by molar-refractivity contribution is 1.09. The first-order valence-electron chi connectivity index (χ1n) is 5.48. The van der Waals surface area contributed by atoms with Crippen LogP contribution in [0.15, 0.2) is 54.9 Å². The first-order chi connectivity index (χ1) is 7.81. The van der Waals surface area contributed by atoms with Crippen LogP contribution in [0.1, 0.15) is 25.8 Å². The van der Waals surface area contributed by atoms with Gasteiger partial charge in [0.15, 0.2) is 0 Å². The van der Waals surface area contributed by atoms with Crippen LogP contribution in [-0.2, 0) is 0 Å². The van der Waals surface area contributed by atoms with E-state index in [1.807, 2.05) is 31.5 Å². The van der Waals surface area contributed by atoms with Gasteiger partial charge in [-0.1, -0.05) is 43.9 Å². The van der Waals surface area contributed by atoms with Crippen LogP contribution in [0.4, 0.5) is 0 Å². The summed E-state index contributed by atoms with van der Waals surface area (Å²) in [6.07, 6.45) is 14.9. The number of hydrogen-bond donors (Lipinski definition) is 1. The maximum Gasteiger partial charge on any atom is 0.0565 e. The van der Waals surface area contributed by atoms with E-state index >= 15 is 0 Å². The van der Waals surface area contributed by atoms with E-state index in [1.54, 1.807) is 0 Å². The van der Waals surface area contributed by atoms with Crippen molar-refractivity contribution in [2.45, 2.75) is 20.3 Å². The van der Waals surface area contributed by atoms with Crippen molar-refractivity contribution >= 4 is 5.57 Å². The Balaban J connectivity index is 2.90. The largest absolute Gasteiger partial charge is 0.285 e. The average molecular weight is 214 g/mol. The summed E-state index contributed by atoms with van der Waals surface area (Å²) < 4.78 is 0. The van der Waals surface area contributed by atoms with E-state index in [0.717, 1.165) is 17.6 Å². The van der Waals surface area contributed by atoms with Crippen molar-refractivity contribution in [1.29, 1.82) is 0 Å². The molecule has 0 spiro atoms. The van der Waals surface area contributed by atoms with Gasteiger partial charge in [-0.25, -0.2) is 0 Å². The Bertz CT molecular complexity index is 406. The number of hydrogen-bond acceptors (Lipinski definition) is 1. The van der Waals surface area contributed by atoms with Crippen molar-refractivity contribution in [1.82, 2.24) is 10.2 Å². The summed E-state index contributed by atoms with van der Waals surface area (Å²) in [6.45, 7) is 7.89. The van der Waals surface area contributed by atoms with E-state index in [1.165, 1.54) is 5.57 Å². The monoisotopic (exact) mass is 214 g/mol. The standard InChI is InChI=1S/C14H18N2/c1-4-7-13(14-10-15-16-11-14)9-8-12(5-2)6-3/h5-11H,2,4H2,1,3H3,(H,15,16)/b9-8-,12-6-,13-7+. The molecule has 0 unspecified atom stereocenters. The second-order valence-corrected chi connectivity index (χ2v) is 3.38. The van der Waals surface area contributed by atoms with E-state index in [0.29, 0.717) is 0 Å². The van der Waals surface area contributed by atoms with Crippen LogP contribution in [0.5, 0.6) is 0 Å². The first kappa shape index (κ1) is 12.2. The highest BCUT2D eigenvalue weighted by atomic mass is 15.1. The van der Waals surface area contributed by atoms with Crippen molar-refractivity contribution in [2.75, 3.05) is 0 Å². The highest BCUT2D eigenvalue weighted by Crippen LogP contribution is 2.16. The van der Waals surface area contributed by atoms with Crippen LogP contribution in [0.3, 0.4) is 0 Å².